The van der Waals surface area contributed by atoms with Gasteiger partial charge in [0.15, 0.2) is 6.29 Å². The second-order valence-electron chi connectivity index (χ2n) is 16.0. The lowest BCUT2D eigenvalue weighted by molar-refractivity contribution is -0.300. The third kappa shape index (κ3) is 6.60. The Hall–Kier alpha value is -0.710. The molecule has 5 unspecified atom stereocenters. The maximum atomic E-state index is 12.7. The predicted molar refractivity (Wildman–Crippen MR) is 166 cm³/mol. The van der Waals surface area contributed by atoms with Crippen LogP contribution in [0, 0.1) is 52.3 Å². The van der Waals surface area contributed by atoms with Crippen molar-refractivity contribution in [2.45, 2.75) is 128 Å². The molecule has 0 spiro atoms. The zero-order chi connectivity index (χ0) is 34.0. The predicted octanol–water partition coefficient (Wildman–Crippen LogP) is 1.81. The Morgan fingerprint density at radius 2 is 1.59 bits per heavy atom. The number of allylic oxidation sites excluding steroid dienone is 1. The maximum absolute atomic E-state index is 12.7. The van der Waals surface area contributed by atoms with Gasteiger partial charge in [-0.15, -0.1) is 0 Å². The van der Waals surface area contributed by atoms with Gasteiger partial charge in [-0.05, 0) is 78.9 Å². The number of fused-ring (bicyclic) bond motifs is 5. The van der Waals surface area contributed by atoms with Gasteiger partial charge in [-0.1, -0.05) is 46.8 Å². The number of aliphatic hydroxyl groups excluding tert-OH is 5. The molecule has 0 radical (unpaired) electrons. The van der Waals surface area contributed by atoms with E-state index in [0.29, 0.717) is 25.7 Å². The molecule has 266 valence electrons. The summed E-state index contributed by atoms with van der Waals surface area (Å²) in [6.45, 7) is 9.97. The number of hydrogen-bond donors (Lipinski definition) is 7. The Bertz CT molecular complexity index is 1210. The van der Waals surface area contributed by atoms with Gasteiger partial charge in [-0.25, -0.2) is 4.18 Å². The first kappa shape index (κ1) is 36.6. The monoisotopic (exact) mass is 676 g/mol. The van der Waals surface area contributed by atoms with Gasteiger partial charge in [0.2, 0.25) is 0 Å². The van der Waals surface area contributed by atoms with Crippen LogP contribution in [-0.4, -0.2) is 105 Å². The molecule has 5 aliphatic rings. The summed E-state index contributed by atoms with van der Waals surface area (Å²) in [5, 5.41) is 66.2. The smallest absolute Gasteiger partial charge is 0.393 e. The van der Waals surface area contributed by atoms with Crippen LogP contribution in [-0.2, 0) is 24.1 Å². The summed E-state index contributed by atoms with van der Waals surface area (Å²) in [5.74, 6) is -0.854. The molecule has 0 aromatic heterocycles. The van der Waals surface area contributed by atoms with Crippen LogP contribution >= 0.6 is 0 Å². The van der Waals surface area contributed by atoms with Gasteiger partial charge < -0.3 is 40.1 Å². The van der Waals surface area contributed by atoms with Crippen LogP contribution in [0.2, 0.25) is 0 Å². The van der Waals surface area contributed by atoms with E-state index in [1.807, 2.05) is 26.0 Å². The highest BCUT2D eigenvalue weighted by atomic mass is 32.3. The highest BCUT2D eigenvalue weighted by Crippen LogP contribution is 2.69. The first-order valence-electron chi connectivity index (χ1n) is 17.0. The van der Waals surface area contributed by atoms with Gasteiger partial charge in [-0.2, -0.15) is 8.42 Å². The van der Waals surface area contributed by atoms with Crippen molar-refractivity contribution in [1.29, 1.82) is 0 Å². The normalized spacial score (nSPS) is 49.4. The summed E-state index contributed by atoms with van der Waals surface area (Å²) >= 11 is 0. The van der Waals surface area contributed by atoms with E-state index in [1.54, 1.807) is 0 Å². The number of rotatable bonds is 9. The minimum atomic E-state index is -4.55. The van der Waals surface area contributed by atoms with E-state index in [4.69, 9.17) is 14.0 Å². The standard InChI is InChI=1S/C33H56O12S/c1-17(2)19(15-44-46(40,41)42)7-6-18(3)21-13-23(34)29-32(21,5)11-9-26-31(4)10-8-20(12-22(31)24(35)14-33(26,29)39)45-30-28(38)27(37)25(36)16-43-30/h6-7,17-30,34-39H,8-16H2,1-5H3,(H,40,41,42)/b7-6+/t18-,19+,20+,21-,22-,23+,24-,25?,26?,27?,28?,29-,30?,31+,32-,33+/m1/s1. The average Bonchev–Trinajstić information content (AvgIpc) is 3.24. The fourth-order valence-electron chi connectivity index (χ4n) is 10.6. The Labute approximate surface area is 273 Å². The molecule has 46 heavy (non-hydrogen) atoms. The molecule has 1 aliphatic heterocycles. The third-order valence-corrected chi connectivity index (χ3v) is 13.5. The largest absolute Gasteiger partial charge is 0.397 e. The molecule has 0 amide bonds. The highest BCUT2D eigenvalue weighted by molar-refractivity contribution is 7.80. The van der Waals surface area contributed by atoms with Crippen molar-refractivity contribution < 1.29 is 57.3 Å². The lowest BCUT2D eigenvalue weighted by Crippen LogP contribution is -2.68. The van der Waals surface area contributed by atoms with Crippen LogP contribution in [0.25, 0.3) is 0 Å². The van der Waals surface area contributed by atoms with Crippen LogP contribution in [0.3, 0.4) is 0 Å². The molecule has 0 aromatic carbocycles. The van der Waals surface area contributed by atoms with Crippen LogP contribution in [0.5, 0.6) is 0 Å². The topological polar surface area (TPSA) is 203 Å². The SMILES string of the molecule is CC(C)[C@@H](/C=C/[C@@H](C)[C@H]1C[C@H](O)[C@@H]2[C@]1(C)CCC1[C@@]3(C)CC[C@H](OC4OCC(O)C(O)C4O)C[C@@H]3[C@H](O)C[C@]12O)COS(=O)(=O)O. The van der Waals surface area contributed by atoms with Crippen LogP contribution in [0.4, 0.5) is 0 Å². The molecule has 12 nitrogen and oxygen atoms in total. The van der Waals surface area contributed by atoms with Crippen LogP contribution < -0.4 is 0 Å². The van der Waals surface area contributed by atoms with Gasteiger partial charge in [0.1, 0.15) is 18.3 Å². The third-order valence-electron chi connectivity index (χ3n) is 13.1. The summed E-state index contributed by atoms with van der Waals surface area (Å²) in [5.41, 5.74) is -2.07. The second-order valence-corrected chi connectivity index (χ2v) is 17.1. The molecular weight excluding hydrogens is 620 g/mol. The van der Waals surface area contributed by atoms with Gasteiger partial charge >= 0.3 is 10.4 Å². The van der Waals surface area contributed by atoms with E-state index >= 15 is 0 Å². The Balaban J connectivity index is 1.31. The number of ether oxygens (including phenoxy) is 2. The molecule has 4 saturated carbocycles. The molecule has 13 heteroatoms. The van der Waals surface area contributed by atoms with Crippen molar-refractivity contribution in [2.75, 3.05) is 13.2 Å². The molecule has 1 heterocycles. The Morgan fingerprint density at radius 1 is 0.913 bits per heavy atom. The zero-order valence-corrected chi connectivity index (χ0v) is 28.5. The van der Waals surface area contributed by atoms with Crippen molar-refractivity contribution in [3.8, 4) is 0 Å². The van der Waals surface area contributed by atoms with Crippen molar-refractivity contribution in [2.24, 2.45) is 52.3 Å². The quantitative estimate of drug-likeness (QED) is 0.106. The van der Waals surface area contributed by atoms with Gasteiger partial charge in [0.05, 0.1) is 37.1 Å². The first-order valence-corrected chi connectivity index (χ1v) is 18.4. The van der Waals surface area contributed by atoms with E-state index in [1.165, 1.54) is 0 Å². The summed E-state index contributed by atoms with van der Waals surface area (Å²) in [6, 6.07) is 0. The van der Waals surface area contributed by atoms with Gasteiger partial charge in [0, 0.05) is 18.3 Å². The molecule has 0 aromatic rings. The Kier molecular flexibility index (Phi) is 10.5. The fraction of sp³-hybridized carbons (Fsp3) is 0.939. The van der Waals surface area contributed by atoms with Crippen molar-refractivity contribution in [1.82, 2.24) is 0 Å². The minimum Gasteiger partial charge on any atom is -0.393 e. The Morgan fingerprint density at radius 3 is 2.24 bits per heavy atom. The van der Waals surface area contributed by atoms with Crippen LogP contribution in [0.1, 0.15) is 79.6 Å². The molecule has 0 bridgehead atoms. The second kappa shape index (κ2) is 13.2. The molecule has 7 N–H and O–H groups in total. The highest BCUT2D eigenvalue weighted by Gasteiger charge is 2.70. The number of hydrogen-bond acceptors (Lipinski definition) is 11. The van der Waals surface area contributed by atoms with E-state index in [2.05, 4.69) is 25.0 Å². The molecule has 1 saturated heterocycles. The molecule has 5 rings (SSSR count). The van der Waals surface area contributed by atoms with Crippen molar-refractivity contribution in [3.05, 3.63) is 12.2 Å². The van der Waals surface area contributed by atoms with E-state index in [-0.39, 0.29) is 61.2 Å². The van der Waals surface area contributed by atoms with Crippen molar-refractivity contribution >= 4 is 10.4 Å². The first-order chi connectivity index (χ1) is 21.3. The molecular formula is C33H56O12S. The maximum Gasteiger partial charge on any atom is 0.397 e. The summed E-state index contributed by atoms with van der Waals surface area (Å²) in [4.78, 5) is 0. The van der Waals surface area contributed by atoms with E-state index in [9.17, 15) is 39.1 Å². The summed E-state index contributed by atoms with van der Waals surface area (Å²) in [7, 11) is -4.55. The summed E-state index contributed by atoms with van der Waals surface area (Å²) in [6.07, 6.45) is 1.05. The lowest BCUT2D eigenvalue weighted by Gasteiger charge is -2.66. The summed E-state index contributed by atoms with van der Waals surface area (Å²) < 4.78 is 47.6. The van der Waals surface area contributed by atoms with Gasteiger partial charge in [0.25, 0.3) is 0 Å². The lowest BCUT2D eigenvalue weighted by atomic mass is 9.42. The zero-order valence-electron chi connectivity index (χ0n) is 27.7. The van der Waals surface area contributed by atoms with Crippen LogP contribution in [0.15, 0.2) is 12.2 Å². The fourth-order valence-corrected chi connectivity index (χ4v) is 11.0. The molecule has 16 atom stereocenters. The van der Waals surface area contributed by atoms with Gasteiger partial charge in [-0.3, -0.25) is 4.55 Å². The number of aliphatic hydroxyl groups is 6. The van der Waals surface area contributed by atoms with E-state index < -0.39 is 69.6 Å². The molecule has 4 aliphatic carbocycles. The average molecular weight is 677 g/mol. The van der Waals surface area contributed by atoms with Crippen molar-refractivity contribution in [3.63, 3.8) is 0 Å². The minimum absolute atomic E-state index is 0.0122. The van der Waals surface area contributed by atoms with E-state index in [0.717, 1.165) is 12.8 Å². The molecule has 5 fully saturated rings.